The van der Waals surface area contributed by atoms with Crippen LogP contribution in [0.1, 0.15) is 33.4 Å². The van der Waals surface area contributed by atoms with Crippen LogP contribution in [0, 0.1) is 41.5 Å². The number of fused-ring (bicyclic) bond motifs is 3. The number of aryl methyl sites for hydroxylation is 6. The van der Waals surface area contributed by atoms with Gasteiger partial charge in [-0.25, -0.2) is 0 Å². The zero-order valence-electron chi connectivity index (χ0n) is 47.8. The van der Waals surface area contributed by atoms with E-state index in [0.717, 1.165) is 0 Å². The molecule has 0 saturated heterocycles. The molecule has 6 aliphatic heterocycles. The first-order valence-corrected chi connectivity index (χ1v) is 36.8. The summed E-state index contributed by atoms with van der Waals surface area (Å²) in [6.45, 7) is 13.2. The van der Waals surface area contributed by atoms with E-state index in [4.69, 9.17) is 0 Å². The van der Waals surface area contributed by atoms with Gasteiger partial charge in [0.2, 0.25) is 0 Å². The van der Waals surface area contributed by atoms with Crippen LogP contribution >= 0.6 is 0 Å². The van der Waals surface area contributed by atoms with Gasteiger partial charge in [-0.05, 0) is 0 Å². The zero-order valence-corrected chi connectivity index (χ0v) is 52.6. The van der Waals surface area contributed by atoms with E-state index in [9.17, 15) is 0 Å². The van der Waals surface area contributed by atoms with Crippen molar-refractivity contribution >= 4 is 168 Å². The first-order chi connectivity index (χ1) is 41.2. The number of hydrogen-bond donors (Lipinski definition) is 0. The van der Waals surface area contributed by atoms with Gasteiger partial charge in [0.25, 0.3) is 0 Å². The normalized spacial score (nSPS) is 15.8. The number of hydrogen-bond acceptors (Lipinski definition) is 6. The molecular formula is C76H58Ge2N6. The Bertz CT molecular complexity index is 4470. The van der Waals surface area contributed by atoms with Crippen molar-refractivity contribution in [3.8, 4) is 0 Å². The van der Waals surface area contributed by atoms with Crippen LogP contribution in [-0.2, 0) is 0 Å². The average Bonchev–Trinajstić information content (AvgIpc) is 0.803. The fraction of sp³-hybridized carbons (Fsp3) is 0.0789. The summed E-state index contributed by atoms with van der Waals surface area (Å²) in [4.78, 5) is 16.0. The standard InChI is InChI=1S/C76H58Ge2N6/c1-45-19-31-52(32-20-45)79-58-11-7-15-62-69(58)77-71-60(79)13-9-17-64(71)83(56-39-27-49(5)28-40-56)75-68-51(43-66(73(75)77)81(62)54-35-23-47(3)24-36-54)44-67-74-76(68)84(57-41-29-50(6)30-42-57)65-18-10-14-61-72(65)78(74)70-59(80(61)53-33-21-46(2)22-34-53)12-8-16-63(70)82(67)55-37-25-48(4)26-38-55/h7-44,77-78H,1-6H3. The van der Waals surface area contributed by atoms with Crippen molar-refractivity contribution in [1.29, 1.82) is 0 Å². The predicted molar refractivity (Wildman–Crippen MR) is 360 cm³/mol. The Kier molecular flexibility index (Phi) is 10.2. The van der Waals surface area contributed by atoms with Crippen molar-refractivity contribution in [2.75, 3.05) is 29.4 Å². The summed E-state index contributed by atoms with van der Waals surface area (Å²) < 4.78 is 9.12. The Labute approximate surface area is 499 Å². The zero-order chi connectivity index (χ0) is 56.0. The molecule has 12 aromatic carbocycles. The fourth-order valence-corrected chi connectivity index (χ4v) is 32.1. The van der Waals surface area contributed by atoms with E-state index in [2.05, 4.69) is 301 Å². The molecule has 8 heteroatoms. The number of benzene rings is 12. The van der Waals surface area contributed by atoms with E-state index in [1.165, 1.54) is 173 Å². The molecule has 6 aliphatic rings. The van der Waals surface area contributed by atoms with Crippen LogP contribution in [0.5, 0.6) is 0 Å². The second-order valence-corrected chi connectivity index (χ2v) is 35.0. The molecule has 0 radical (unpaired) electrons. The second kappa shape index (κ2) is 17.7. The maximum atomic E-state index is 2.73. The maximum absolute atomic E-state index is 3.19. The molecule has 0 saturated carbocycles. The van der Waals surface area contributed by atoms with Crippen molar-refractivity contribution < 1.29 is 0 Å². The van der Waals surface area contributed by atoms with E-state index in [1.807, 2.05) is 0 Å². The minimum atomic E-state index is -3.19. The van der Waals surface area contributed by atoms with Gasteiger partial charge in [0.1, 0.15) is 0 Å². The van der Waals surface area contributed by atoms with Crippen LogP contribution in [0.25, 0.3) is 10.8 Å². The molecule has 400 valence electrons. The van der Waals surface area contributed by atoms with Crippen LogP contribution in [-0.4, -0.2) is 28.7 Å². The molecule has 2 unspecified atom stereocenters. The second-order valence-electron chi connectivity index (χ2n) is 24.1. The van der Waals surface area contributed by atoms with E-state index >= 15 is 0 Å². The van der Waals surface area contributed by atoms with Crippen LogP contribution in [0.15, 0.2) is 231 Å². The minimum absolute atomic E-state index is 1.17. The van der Waals surface area contributed by atoms with Gasteiger partial charge in [0.05, 0.1) is 0 Å². The van der Waals surface area contributed by atoms with Gasteiger partial charge < -0.3 is 0 Å². The quantitative estimate of drug-likeness (QED) is 0.153. The van der Waals surface area contributed by atoms with Gasteiger partial charge in [-0.3, -0.25) is 0 Å². The summed E-state index contributed by atoms with van der Waals surface area (Å²) in [5.41, 5.74) is 30.1. The summed E-state index contributed by atoms with van der Waals surface area (Å²) >= 11 is -6.38. The molecule has 2 atom stereocenters. The average molecular weight is 1200 g/mol. The van der Waals surface area contributed by atoms with Gasteiger partial charge in [-0.2, -0.15) is 0 Å². The van der Waals surface area contributed by atoms with Crippen LogP contribution in [0.2, 0.25) is 0 Å². The fourth-order valence-electron chi connectivity index (χ4n) is 15.3. The van der Waals surface area contributed by atoms with E-state index < -0.39 is 28.7 Å². The monoisotopic (exact) mass is 1200 g/mol. The third-order valence-corrected chi connectivity index (χ3v) is 33.6. The van der Waals surface area contributed by atoms with Gasteiger partial charge in [-0.1, -0.05) is 0 Å². The topological polar surface area (TPSA) is 19.4 Å². The Morgan fingerprint density at radius 2 is 0.417 bits per heavy atom. The van der Waals surface area contributed by atoms with Crippen LogP contribution in [0.3, 0.4) is 0 Å². The van der Waals surface area contributed by atoms with Crippen molar-refractivity contribution in [3.63, 3.8) is 0 Å². The third kappa shape index (κ3) is 6.58. The molecule has 0 amide bonds. The van der Waals surface area contributed by atoms with Crippen LogP contribution < -0.4 is 55.8 Å². The predicted octanol–water partition coefficient (Wildman–Crippen LogP) is 15.9. The van der Waals surface area contributed by atoms with Gasteiger partial charge in [0.15, 0.2) is 0 Å². The molecule has 0 bridgehead atoms. The summed E-state index contributed by atoms with van der Waals surface area (Å²) in [7, 11) is 0. The summed E-state index contributed by atoms with van der Waals surface area (Å²) in [5, 5.41) is 2.56. The Morgan fingerprint density at radius 3 is 0.655 bits per heavy atom. The van der Waals surface area contributed by atoms with Crippen molar-refractivity contribution in [3.05, 3.63) is 264 Å². The Hall–Kier alpha value is -9.21. The van der Waals surface area contributed by atoms with E-state index in [-0.39, 0.29) is 0 Å². The van der Waals surface area contributed by atoms with Gasteiger partial charge in [-0.15, -0.1) is 0 Å². The van der Waals surface area contributed by atoms with Crippen LogP contribution in [0.4, 0.5) is 102 Å². The number of rotatable bonds is 6. The molecule has 0 N–H and O–H groups in total. The molecule has 18 rings (SSSR count). The van der Waals surface area contributed by atoms with E-state index in [0.29, 0.717) is 0 Å². The molecule has 84 heavy (non-hydrogen) atoms. The number of nitrogens with zero attached hydrogens (tertiary/aromatic N) is 6. The SMILES string of the molecule is Cc1ccc(N2c3cccc4[c]3[GeH]3[c]5c2cccc5N(c2ccc(C)cc2)c2[c]3c(cc3cc5[c]6c(c23)N(c2ccc(C)cc2)c2cccc3[c]2[GeH]6[c]2c(cccc2N5c2ccc(C)cc2)N3c2ccc(C)cc2)N4c2ccc(C)cc2)cc1. The number of anilines is 18. The Balaban J connectivity index is 1.05. The first-order valence-electron chi connectivity index (χ1n) is 29.6. The molecule has 0 aliphatic carbocycles. The van der Waals surface area contributed by atoms with Crippen molar-refractivity contribution in [2.24, 2.45) is 0 Å². The molecular weight excluding hydrogens is 1140 g/mol. The molecule has 6 nitrogen and oxygen atoms in total. The van der Waals surface area contributed by atoms with E-state index in [1.54, 1.807) is 0 Å². The summed E-state index contributed by atoms with van der Waals surface area (Å²) in [6, 6.07) is 89.9. The first kappa shape index (κ1) is 48.3. The molecule has 0 aromatic heterocycles. The van der Waals surface area contributed by atoms with Gasteiger partial charge >= 0.3 is 503 Å². The molecule has 6 heterocycles. The molecule has 0 spiro atoms. The molecule has 12 aromatic rings. The summed E-state index contributed by atoms with van der Waals surface area (Å²) in [6.07, 6.45) is 0. The molecule has 0 fully saturated rings. The Morgan fingerprint density at radius 1 is 0.214 bits per heavy atom. The summed E-state index contributed by atoms with van der Waals surface area (Å²) in [5.74, 6) is 0. The van der Waals surface area contributed by atoms with Gasteiger partial charge in [0, 0.05) is 0 Å². The third-order valence-electron chi connectivity index (χ3n) is 19.0. The van der Waals surface area contributed by atoms with Crippen molar-refractivity contribution in [2.45, 2.75) is 41.5 Å². The van der Waals surface area contributed by atoms with Crippen molar-refractivity contribution in [1.82, 2.24) is 0 Å².